The van der Waals surface area contributed by atoms with Crippen molar-refractivity contribution in [2.75, 3.05) is 45.9 Å². The number of thiophene rings is 1. The van der Waals surface area contributed by atoms with Gasteiger partial charge in [-0.1, -0.05) is 24.3 Å². The normalized spacial score (nSPS) is 14.8. The van der Waals surface area contributed by atoms with Crippen molar-refractivity contribution >= 4 is 23.2 Å². The molecule has 0 radical (unpaired) electrons. The van der Waals surface area contributed by atoms with Gasteiger partial charge in [0, 0.05) is 39.3 Å². The van der Waals surface area contributed by atoms with Gasteiger partial charge in [0.15, 0.2) is 6.61 Å². The SMILES string of the molecule is O=C(NCCN1CCN(C(=O)COc2ccccc2)CC1)c1cccs1. The Morgan fingerprint density at radius 1 is 1.04 bits per heavy atom. The maximum absolute atomic E-state index is 12.2. The molecule has 0 atom stereocenters. The third-order valence-electron chi connectivity index (χ3n) is 4.29. The highest BCUT2D eigenvalue weighted by molar-refractivity contribution is 7.12. The number of nitrogens with zero attached hydrogens (tertiary/aromatic N) is 2. The van der Waals surface area contributed by atoms with Gasteiger partial charge in [-0.2, -0.15) is 0 Å². The van der Waals surface area contributed by atoms with E-state index < -0.39 is 0 Å². The van der Waals surface area contributed by atoms with Gasteiger partial charge in [-0.05, 0) is 23.6 Å². The Labute approximate surface area is 157 Å². The molecule has 1 aromatic heterocycles. The summed E-state index contributed by atoms with van der Waals surface area (Å²) in [6.07, 6.45) is 0. The summed E-state index contributed by atoms with van der Waals surface area (Å²) in [5.74, 6) is 0.701. The maximum atomic E-state index is 12.2. The van der Waals surface area contributed by atoms with Crippen molar-refractivity contribution in [1.29, 1.82) is 0 Å². The average molecular weight is 373 g/mol. The van der Waals surface area contributed by atoms with Crippen LogP contribution >= 0.6 is 11.3 Å². The van der Waals surface area contributed by atoms with E-state index in [0.29, 0.717) is 25.4 Å². The molecule has 138 valence electrons. The molecule has 0 unspecified atom stereocenters. The number of benzene rings is 1. The fourth-order valence-electron chi connectivity index (χ4n) is 2.80. The van der Waals surface area contributed by atoms with Crippen molar-refractivity contribution in [1.82, 2.24) is 15.1 Å². The predicted molar refractivity (Wildman–Crippen MR) is 102 cm³/mol. The van der Waals surface area contributed by atoms with Crippen LogP contribution in [0.25, 0.3) is 0 Å². The smallest absolute Gasteiger partial charge is 0.261 e. The topological polar surface area (TPSA) is 61.9 Å². The van der Waals surface area contributed by atoms with E-state index in [1.165, 1.54) is 11.3 Å². The number of para-hydroxylation sites is 1. The fraction of sp³-hybridized carbons (Fsp3) is 0.368. The lowest BCUT2D eigenvalue weighted by molar-refractivity contribution is -0.135. The number of ether oxygens (including phenoxy) is 1. The number of piperazine rings is 1. The molecule has 1 saturated heterocycles. The Bertz CT molecular complexity index is 698. The van der Waals surface area contributed by atoms with Crippen molar-refractivity contribution in [3.63, 3.8) is 0 Å². The van der Waals surface area contributed by atoms with Crippen LogP contribution in [0.5, 0.6) is 5.75 Å². The van der Waals surface area contributed by atoms with Crippen molar-refractivity contribution in [3.8, 4) is 5.75 Å². The van der Waals surface area contributed by atoms with Crippen molar-refractivity contribution in [2.45, 2.75) is 0 Å². The van der Waals surface area contributed by atoms with Crippen LogP contribution in [-0.2, 0) is 4.79 Å². The average Bonchev–Trinajstić information content (AvgIpc) is 3.22. The molecule has 26 heavy (non-hydrogen) atoms. The van der Waals surface area contributed by atoms with Crippen LogP contribution in [0.2, 0.25) is 0 Å². The van der Waals surface area contributed by atoms with E-state index in [1.54, 1.807) is 0 Å². The first-order valence-corrected chi connectivity index (χ1v) is 9.60. The quantitative estimate of drug-likeness (QED) is 0.803. The maximum Gasteiger partial charge on any atom is 0.261 e. The summed E-state index contributed by atoms with van der Waals surface area (Å²) in [4.78, 5) is 29.0. The minimum Gasteiger partial charge on any atom is -0.484 e. The highest BCUT2D eigenvalue weighted by Crippen LogP contribution is 2.10. The molecule has 1 aromatic carbocycles. The molecule has 0 spiro atoms. The summed E-state index contributed by atoms with van der Waals surface area (Å²) in [5, 5.41) is 4.83. The molecule has 0 aliphatic carbocycles. The molecule has 2 amide bonds. The highest BCUT2D eigenvalue weighted by atomic mass is 32.1. The summed E-state index contributed by atoms with van der Waals surface area (Å²) in [7, 11) is 0. The molecule has 0 saturated carbocycles. The summed E-state index contributed by atoms with van der Waals surface area (Å²) in [5.41, 5.74) is 0. The fourth-order valence-corrected chi connectivity index (χ4v) is 3.44. The van der Waals surface area contributed by atoms with Crippen LogP contribution in [0, 0.1) is 0 Å². The van der Waals surface area contributed by atoms with Crippen molar-refractivity contribution in [2.24, 2.45) is 0 Å². The second-order valence-corrected chi connectivity index (χ2v) is 7.01. The molecule has 1 aliphatic rings. The van der Waals surface area contributed by atoms with Crippen LogP contribution in [0.1, 0.15) is 9.67 Å². The largest absolute Gasteiger partial charge is 0.484 e. The van der Waals surface area contributed by atoms with Gasteiger partial charge in [-0.25, -0.2) is 0 Å². The van der Waals surface area contributed by atoms with Gasteiger partial charge in [0.05, 0.1) is 4.88 Å². The lowest BCUT2D eigenvalue weighted by Gasteiger charge is -2.34. The number of hydrogen-bond acceptors (Lipinski definition) is 5. The van der Waals surface area contributed by atoms with Gasteiger partial charge in [-0.15, -0.1) is 11.3 Å². The van der Waals surface area contributed by atoms with E-state index in [2.05, 4.69) is 10.2 Å². The molecule has 6 nitrogen and oxygen atoms in total. The standard InChI is InChI=1S/C19H23N3O3S/c23-18(15-25-16-5-2-1-3-6-16)22-12-10-21(11-13-22)9-8-20-19(24)17-7-4-14-26-17/h1-7,14H,8-13,15H2,(H,20,24). The Kier molecular flexibility index (Phi) is 6.62. The van der Waals surface area contributed by atoms with E-state index >= 15 is 0 Å². The number of amides is 2. The third kappa shape index (κ3) is 5.31. The van der Waals surface area contributed by atoms with Gasteiger partial charge in [0.1, 0.15) is 5.75 Å². The minimum atomic E-state index is -0.0214. The number of nitrogens with one attached hydrogen (secondary N) is 1. The zero-order valence-electron chi connectivity index (χ0n) is 14.6. The molecule has 2 aromatic rings. The first-order chi connectivity index (χ1) is 12.7. The predicted octanol–water partition coefficient (Wildman–Crippen LogP) is 1.70. The first kappa shape index (κ1) is 18.4. The van der Waals surface area contributed by atoms with Crippen LogP contribution in [0.4, 0.5) is 0 Å². The van der Waals surface area contributed by atoms with Crippen molar-refractivity contribution < 1.29 is 14.3 Å². The molecule has 2 heterocycles. The van der Waals surface area contributed by atoms with Gasteiger partial charge in [-0.3, -0.25) is 14.5 Å². The number of rotatable bonds is 7. The summed E-state index contributed by atoms with van der Waals surface area (Å²) < 4.78 is 5.52. The highest BCUT2D eigenvalue weighted by Gasteiger charge is 2.21. The van der Waals surface area contributed by atoms with Gasteiger partial charge < -0.3 is 15.0 Å². The Morgan fingerprint density at radius 2 is 1.81 bits per heavy atom. The molecule has 1 N–H and O–H groups in total. The summed E-state index contributed by atoms with van der Waals surface area (Å²) in [6, 6.07) is 13.1. The summed E-state index contributed by atoms with van der Waals surface area (Å²) >= 11 is 1.44. The van der Waals surface area contributed by atoms with Crippen LogP contribution in [0.15, 0.2) is 47.8 Å². The van der Waals surface area contributed by atoms with E-state index in [1.807, 2.05) is 52.7 Å². The van der Waals surface area contributed by atoms with Gasteiger partial charge in [0.25, 0.3) is 11.8 Å². The molecule has 7 heteroatoms. The van der Waals surface area contributed by atoms with Gasteiger partial charge in [0.2, 0.25) is 0 Å². The Hall–Kier alpha value is -2.38. The van der Waals surface area contributed by atoms with Crippen LogP contribution in [-0.4, -0.2) is 67.5 Å². The zero-order chi connectivity index (χ0) is 18.2. The number of carbonyl (C=O) groups excluding carboxylic acids is 2. The van der Waals surface area contributed by atoms with Crippen LogP contribution < -0.4 is 10.1 Å². The Balaban J connectivity index is 1.32. The van der Waals surface area contributed by atoms with Crippen LogP contribution in [0.3, 0.4) is 0 Å². The third-order valence-corrected chi connectivity index (χ3v) is 5.16. The molecular formula is C19H23N3O3S. The van der Waals surface area contributed by atoms with Gasteiger partial charge >= 0.3 is 0 Å². The minimum absolute atomic E-state index is 0.0134. The molecule has 1 fully saturated rings. The zero-order valence-corrected chi connectivity index (χ0v) is 15.4. The number of hydrogen-bond donors (Lipinski definition) is 1. The monoisotopic (exact) mass is 373 g/mol. The summed E-state index contributed by atoms with van der Waals surface area (Å²) in [6.45, 7) is 4.48. The lowest BCUT2D eigenvalue weighted by Crippen LogP contribution is -2.51. The van der Waals surface area contributed by atoms with E-state index in [4.69, 9.17) is 4.74 Å². The number of carbonyl (C=O) groups is 2. The van der Waals surface area contributed by atoms with E-state index in [9.17, 15) is 9.59 Å². The molecular weight excluding hydrogens is 350 g/mol. The Morgan fingerprint density at radius 3 is 2.50 bits per heavy atom. The molecule has 3 rings (SSSR count). The lowest BCUT2D eigenvalue weighted by atomic mass is 10.3. The molecule has 1 aliphatic heterocycles. The first-order valence-electron chi connectivity index (χ1n) is 8.72. The second-order valence-electron chi connectivity index (χ2n) is 6.06. The second kappa shape index (κ2) is 9.35. The van der Waals surface area contributed by atoms with Crippen molar-refractivity contribution in [3.05, 3.63) is 52.7 Å². The van der Waals surface area contributed by atoms with E-state index in [0.717, 1.165) is 24.5 Å². The molecule has 0 bridgehead atoms. The van der Waals surface area contributed by atoms with E-state index in [-0.39, 0.29) is 18.4 Å².